The minimum absolute atomic E-state index is 0.226. The highest BCUT2D eigenvalue weighted by molar-refractivity contribution is 6.06. The Balaban J connectivity index is 2.60. The van der Waals surface area contributed by atoms with Gasteiger partial charge >= 0.3 is 0 Å². The van der Waals surface area contributed by atoms with Gasteiger partial charge in [0.15, 0.2) is 0 Å². The summed E-state index contributed by atoms with van der Waals surface area (Å²) in [7, 11) is 1.67. The lowest BCUT2D eigenvalue weighted by Crippen LogP contribution is -2.38. The highest BCUT2D eigenvalue weighted by Gasteiger charge is 2.47. The van der Waals surface area contributed by atoms with E-state index in [9.17, 15) is 9.59 Å². The summed E-state index contributed by atoms with van der Waals surface area (Å²) in [6, 6.07) is 7.28. The quantitative estimate of drug-likeness (QED) is 0.678. The molecule has 0 N–H and O–H groups in total. The number of amides is 1. The van der Waals surface area contributed by atoms with E-state index in [-0.39, 0.29) is 5.91 Å². The SMILES string of the molecule is CN1C(=O)C(C)(OC=O)c2ccccc21. The number of carbonyl (C=O) groups excluding carboxylic acids is 2. The molecule has 0 aliphatic carbocycles. The first-order valence-electron chi connectivity index (χ1n) is 4.60. The van der Waals surface area contributed by atoms with Gasteiger partial charge in [0.2, 0.25) is 5.60 Å². The number of anilines is 1. The lowest BCUT2D eigenvalue weighted by atomic mass is 9.98. The predicted molar refractivity (Wildman–Crippen MR) is 54.4 cm³/mol. The van der Waals surface area contributed by atoms with Crippen LogP contribution in [0.3, 0.4) is 0 Å². The number of carbonyl (C=O) groups is 2. The molecule has 4 nitrogen and oxygen atoms in total. The van der Waals surface area contributed by atoms with Crippen molar-refractivity contribution in [3.05, 3.63) is 29.8 Å². The Kier molecular flexibility index (Phi) is 2.00. The van der Waals surface area contributed by atoms with Gasteiger partial charge in [0.25, 0.3) is 12.4 Å². The Bertz CT molecular complexity index is 430. The summed E-state index contributed by atoms with van der Waals surface area (Å²) in [5.74, 6) is -0.226. The highest BCUT2D eigenvalue weighted by atomic mass is 16.5. The van der Waals surface area contributed by atoms with Crippen LogP contribution in [0.4, 0.5) is 5.69 Å². The van der Waals surface area contributed by atoms with Crippen molar-refractivity contribution in [3.8, 4) is 0 Å². The normalized spacial score (nSPS) is 23.9. The maximum Gasteiger partial charge on any atom is 0.294 e. The van der Waals surface area contributed by atoms with E-state index in [0.29, 0.717) is 6.47 Å². The number of hydrogen-bond donors (Lipinski definition) is 0. The molecule has 2 rings (SSSR count). The number of ether oxygens (including phenoxy) is 1. The van der Waals surface area contributed by atoms with Crippen LogP contribution in [-0.4, -0.2) is 19.4 Å². The van der Waals surface area contributed by atoms with Gasteiger partial charge in [-0.3, -0.25) is 9.59 Å². The lowest BCUT2D eigenvalue weighted by molar-refractivity contribution is -0.154. The van der Waals surface area contributed by atoms with E-state index < -0.39 is 5.60 Å². The highest BCUT2D eigenvalue weighted by Crippen LogP contribution is 2.40. The molecule has 1 atom stereocenters. The van der Waals surface area contributed by atoms with Crippen molar-refractivity contribution in [2.24, 2.45) is 0 Å². The van der Waals surface area contributed by atoms with Crippen LogP contribution in [0.1, 0.15) is 12.5 Å². The van der Waals surface area contributed by atoms with Crippen LogP contribution in [0.5, 0.6) is 0 Å². The van der Waals surface area contributed by atoms with E-state index in [1.165, 1.54) is 4.90 Å². The molecule has 1 heterocycles. The first-order valence-corrected chi connectivity index (χ1v) is 4.60. The summed E-state index contributed by atoms with van der Waals surface area (Å²) in [6.07, 6.45) is 0. The molecule has 0 aromatic heterocycles. The van der Waals surface area contributed by atoms with Gasteiger partial charge in [-0.05, 0) is 13.0 Å². The smallest absolute Gasteiger partial charge is 0.294 e. The Morgan fingerprint density at radius 1 is 1.40 bits per heavy atom. The first-order chi connectivity index (χ1) is 7.11. The number of fused-ring (bicyclic) bond motifs is 1. The van der Waals surface area contributed by atoms with E-state index in [4.69, 9.17) is 4.74 Å². The third-order valence-corrected chi connectivity index (χ3v) is 2.78. The fraction of sp³-hybridized carbons (Fsp3) is 0.273. The molecular formula is C11H11NO3. The van der Waals surface area contributed by atoms with Crippen molar-refractivity contribution in [1.82, 2.24) is 0 Å². The second kappa shape index (κ2) is 3.08. The van der Waals surface area contributed by atoms with Crippen LogP contribution in [0.25, 0.3) is 0 Å². The molecule has 1 unspecified atom stereocenters. The summed E-state index contributed by atoms with van der Waals surface area (Å²) in [4.78, 5) is 23.8. The molecule has 0 saturated carbocycles. The number of para-hydroxylation sites is 1. The van der Waals surface area contributed by atoms with Crippen LogP contribution in [0.15, 0.2) is 24.3 Å². The van der Waals surface area contributed by atoms with Gasteiger partial charge in [0, 0.05) is 12.6 Å². The van der Waals surface area contributed by atoms with Gasteiger partial charge in [-0.25, -0.2) is 0 Å². The monoisotopic (exact) mass is 205 g/mol. The zero-order chi connectivity index (χ0) is 11.1. The molecule has 1 aliphatic rings. The summed E-state index contributed by atoms with van der Waals surface area (Å²) in [6.45, 7) is 1.92. The summed E-state index contributed by atoms with van der Waals surface area (Å²) in [5, 5.41) is 0. The third-order valence-electron chi connectivity index (χ3n) is 2.78. The largest absolute Gasteiger partial charge is 0.446 e. The van der Waals surface area contributed by atoms with Gasteiger partial charge in [0.05, 0.1) is 5.69 Å². The molecule has 0 bridgehead atoms. The van der Waals surface area contributed by atoms with Crippen LogP contribution >= 0.6 is 0 Å². The van der Waals surface area contributed by atoms with E-state index in [0.717, 1.165) is 11.3 Å². The Labute approximate surface area is 87.4 Å². The zero-order valence-corrected chi connectivity index (χ0v) is 8.56. The van der Waals surface area contributed by atoms with Gasteiger partial charge in [0.1, 0.15) is 0 Å². The van der Waals surface area contributed by atoms with E-state index in [1.54, 1.807) is 20.0 Å². The van der Waals surface area contributed by atoms with Crippen molar-refractivity contribution >= 4 is 18.1 Å². The number of rotatable bonds is 2. The topological polar surface area (TPSA) is 46.6 Å². The summed E-state index contributed by atoms with van der Waals surface area (Å²) < 4.78 is 4.93. The fourth-order valence-corrected chi connectivity index (χ4v) is 1.92. The molecule has 0 saturated heterocycles. The molecule has 15 heavy (non-hydrogen) atoms. The third kappa shape index (κ3) is 1.14. The minimum atomic E-state index is -1.17. The molecule has 4 heteroatoms. The van der Waals surface area contributed by atoms with Gasteiger partial charge in [-0.1, -0.05) is 18.2 Å². The average Bonchev–Trinajstić information content (AvgIpc) is 2.43. The van der Waals surface area contributed by atoms with Gasteiger partial charge in [-0.15, -0.1) is 0 Å². The standard InChI is InChI=1S/C11H11NO3/c1-11(15-7-13)8-5-3-4-6-9(8)12(2)10(11)14/h3-7H,1-2H3. The average molecular weight is 205 g/mol. The summed E-state index contributed by atoms with van der Waals surface area (Å²) in [5.41, 5.74) is 0.337. The number of likely N-dealkylation sites (N-methyl/N-ethyl adjacent to an activating group) is 1. The van der Waals surface area contributed by atoms with Crippen LogP contribution in [0, 0.1) is 0 Å². The molecule has 1 aromatic carbocycles. The predicted octanol–water partition coefficient (Wildman–Crippen LogP) is 1.05. The maximum absolute atomic E-state index is 11.9. The van der Waals surface area contributed by atoms with Crippen molar-refractivity contribution < 1.29 is 14.3 Å². The maximum atomic E-state index is 11.9. The van der Waals surface area contributed by atoms with Crippen LogP contribution in [-0.2, 0) is 19.9 Å². The number of nitrogens with zero attached hydrogens (tertiary/aromatic N) is 1. The van der Waals surface area contributed by atoms with Crippen LogP contribution in [0.2, 0.25) is 0 Å². The van der Waals surface area contributed by atoms with Crippen molar-refractivity contribution in [1.29, 1.82) is 0 Å². The Hall–Kier alpha value is -1.84. The minimum Gasteiger partial charge on any atom is -0.446 e. The second-order valence-corrected chi connectivity index (χ2v) is 3.63. The molecule has 78 valence electrons. The summed E-state index contributed by atoms with van der Waals surface area (Å²) >= 11 is 0. The van der Waals surface area contributed by atoms with Gasteiger partial charge < -0.3 is 9.64 Å². The Morgan fingerprint density at radius 2 is 2.07 bits per heavy atom. The fourth-order valence-electron chi connectivity index (χ4n) is 1.92. The molecular weight excluding hydrogens is 194 g/mol. The van der Waals surface area contributed by atoms with E-state index in [2.05, 4.69) is 0 Å². The lowest BCUT2D eigenvalue weighted by Gasteiger charge is -2.20. The molecule has 1 aromatic rings. The first kappa shape index (κ1) is 9.71. The number of benzene rings is 1. The molecule has 0 spiro atoms. The van der Waals surface area contributed by atoms with Gasteiger partial charge in [-0.2, -0.15) is 0 Å². The zero-order valence-electron chi connectivity index (χ0n) is 8.56. The second-order valence-electron chi connectivity index (χ2n) is 3.63. The molecule has 0 radical (unpaired) electrons. The van der Waals surface area contributed by atoms with E-state index >= 15 is 0 Å². The van der Waals surface area contributed by atoms with Crippen molar-refractivity contribution in [2.75, 3.05) is 11.9 Å². The molecule has 1 amide bonds. The molecule has 1 aliphatic heterocycles. The van der Waals surface area contributed by atoms with Crippen LogP contribution < -0.4 is 4.90 Å². The van der Waals surface area contributed by atoms with Crippen molar-refractivity contribution in [2.45, 2.75) is 12.5 Å². The Morgan fingerprint density at radius 3 is 2.73 bits per heavy atom. The van der Waals surface area contributed by atoms with E-state index in [1.807, 2.05) is 18.2 Å². The molecule has 0 fully saturated rings. The number of hydrogen-bond acceptors (Lipinski definition) is 3. The van der Waals surface area contributed by atoms with Crippen molar-refractivity contribution in [3.63, 3.8) is 0 Å².